The van der Waals surface area contributed by atoms with Crippen LogP contribution >= 0.6 is 23.2 Å². The van der Waals surface area contributed by atoms with Crippen LogP contribution in [0, 0.1) is 0 Å². The first kappa shape index (κ1) is 27.8. The van der Waals surface area contributed by atoms with E-state index in [0.29, 0.717) is 29.7 Å². The van der Waals surface area contributed by atoms with Crippen LogP contribution in [0.3, 0.4) is 0 Å². The van der Waals surface area contributed by atoms with Crippen LogP contribution in [0.15, 0.2) is 36.4 Å². The number of hydrogen-bond donors (Lipinski definition) is 0. The quantitative estimate of drug-likeness (QED) is 0.239. The van der Waals surface area contributed by atoms with Gasteiger partial charge in [0.1, 0.15) is 11.5 Å². The van der Waals surface area contributed by atoms with E-state index in [0.717, 1.165) is 74.7 Å². The van der Waals surface area contributed by atoms with Crippen LogP contribution in [0.4, 0.5) is 0 Å². The molecule has 4 nitrogen and oxygen atoms in total. The smallest absolute Gasteiger partial charge is 0.122 e. The molecule has 0 N–H and O–H groups in total. The molecule has 0 aromatic heterocycles. The van der Waals surface area contributed by atoms with Crippen molar-refractivity contribution in [2.24, 2.45) is 0 Å². The van der Waals surface area contributed by atoms with E-state index in [2.05, 4.69) is 37.5 Å². The van der Waals surface area contributed by atoms with Crippen LogP contribution in [0.5, 0.6) is 11.5 Å². The van der Waals surface area contributed by atoms with E-state index in [1.807, 2.05) is 36.4 Å². The predicted octanol–water partition coefficient (Wildman–Crippen LogP) is 6.81. The Hall–Kier alpha value is -1.46. The summed E-state index contributed by atoms with van der Waals surface area (Å²) in [6.45, 7) is 16.4. The molecule has 0 bridgehead atoms. The van der Waals surface area contributed by atoms with E-state index in [1.165, 1.54) is 0 Å². The molecule has 0 amide bonds. The lowest BCUT2D eigenvalue weighted by Gasteiger charge is -2.19. The van der Waals surface area contributed by atoms with E-state index >= 15 is 0 Å². The summed E-state index contributed by atoms with van der Waals surface area (Å²) in [4.78, 5) is 4.81. The third-order valence-electron chi connectivity index (χ3n) is 5.97. The summed E-state index contributed by atoms with van der Waals surface area (Å²) >= 11 is 12.7. The first-order valence-electron chi connectivity index (χ1n) is 12.3. The molecule has 33 heavy (non-hydrogen) atoms. The van der Waals surface area contributed by atoms with Gasteiger partial charge in [-0.05, 0) is 75.4 Å². The van der Waals surface area contributed by atoms with Gasteiger partial charge in [-0.3, -0.25) is 0 Å². The van der Waals surface area contributed by atoms with Crippen LogP contribution in [0.25, 0.3) is 0 Å². The van der Waals surface area contributed by atoms with E-state index in [1.54, 1.807) is 0 Å². The topological polar surface area (TPSA) is 24.9 Å². The molecule has 0 saturated heterocycles. The Morgan fingerprint density at radius 2 is 1.03 bits per heavy atom. The Morgan fingerprint density at radius 1 is 0.636 bits per heavy atom. The standard InChI is InChI=1S/C27H40Cl2N2O2/c1-5-30(6-2)15-9-17-32-26-13-11-24(28)20-22(26)19-23-21-25(29)12-14-27(23)33-18-10-16-31(7-3)8-4/h11-14,20-21H,5-10,15-19H2,1-4H3. The fourth-order valence-corrected chi connectivity index (χ4v) is 4.27. The first-order chi connectivity index (χ1) is 16.0. The van der Waals surface area contributed by atoms with Gasteiger partial charge in [0.05, 0.1) is 13.2 Å². The maximum absolute atomic E-state index is 6.33. The second-order valence-corrected chi connectivity index (χ2v) is 9.01. The molecule has 2 rings (SSSR count). The lowest BCUT2D eigenvalue weighted by Crippen LogP contribution is -2.25. The molecule has 0 fully saturated rings. The molecule has 0 unspecified atom stereocenters. The van der Waals surface area contributed by atoms with Crippen molar-refractivity contribution >= 4 is 23.2 Å². The van der Waals surface area contributed by atoms with Crippen molar-refractivity contribution in [2.75, 3.05) is 52.5 Å². The van der Waals surface area contributed by atoms with Crippen molar-refractivity contribution in [3.8, 4) is 11.5 Å². The average Bonchev–Trinajstić information content (AvgIpc) is 2.81. The zero-order chi connectivity index (χ0) is 24.1. The second kappa shape index (κ2) is 15.4. The van der Waals surface area contributed by atoms with Crippen molar-refractivity contribution in [1.29, 1.82) is 0 Å². The highest BCUT2D eigenvalue weighted by atomic mass is 35.5. The summed E-state index contributed by atoms with van der Waals surface area (Å²) < 4.78 is 12.3. The lowest BCUT2D eigenvalue weighted by molar-refractivity contribution is 0.247. The van der Waals surface area contributed by atoms with Gasteiger partial charge in [0.2, 0.25) is 0 Å². The van der Waals surface area contributed by atoms with Crippen LogP contribution < -0.4 is 9.47 Å². The second-order valence-electron chi connectivity index (χ2n) is 8.14. The Kier molecular flexibility index (Phi) is 13.0. The molecule has 0 spiro atoms. The van der Waals surface area contributed by atoms with E-state index in [-0.39, 0.29) is 0 Å². The Bertz CT molecular complexity index is 756. The molecule has 2 aromatic carbocycles. The third-order valence-corrected chi connectivity index (χ3v) is 6.44. The Morgan fingerprint density at radius 3 is 1.39 bits per heavy atom. The maximum Gasteiger partial charge on any atom is 0.122 e. The van der Waals surface area contributed by atoms with Crippen molar-refractivity contribution in [3.63, 3.8) is 0 Å². The lowest BCUT2D eigenvalue weighted by atomic mass is 10.0. The predicted molar refractivity (Wildman–Crippen MR) is 142 cm³/mol. The highest BCUT2D eigenvalue weighted by Crippen LogP contribution is 2.31. The fraction of sp³-hybridized carbons (Fsp3) is 0.556. The van der Waals surface area contributed by atoms with Crippen molar-refractivity contribution in [2.45, 2.75) is 47.0 Å². The molecular weight excluding hydrogens is 455 g/mol. The Labute approximate surface area is 210 Å². The number of halogens is 2. The number of hydrogen-bond acceptors (Lipinski definition) is 4. The van der Waals surface area contributed by atoms with Gasteiger partial charge in [0, 0.05) is 40.7 Å². The highest BCUT2D eigenvalue weighted by molar-refractivity contribution is 6.31. The number of nitrogens with zero attached hydrogens (tertiary/aromatic N) is 2. The minimum absolute atomic E-state index is 0.651. The van der Waals surface area contributed by atoms with Gasteiger partial charge in [-0.25, -0.2) is 0 Å². The summed E-state index contributed by atoms with van der Waals surface area (Å²) in [6, 6.07) is 11.6. The molecular formula is C27H40Cl2N2O2. The molecule has 0 heterocycles. The molecule has 2 aromatic rings. The number of benzene rings is 2. The maximum atomic E-state index is 6.33. The zero-order valence-corrected chi connectivity index (χ0v) is 22.2. The molecule has 0 atom stereocenters. The SMILES string of the molecule is CCN(CC)CCCOc1ccc(Cl)cc1Cc1cc(Cl)ccc1OCCCN(CC)CC. The van der Waals surface area contributed by atoms with Crippen LogP contribution in [-0.4, -0.2) is 62.3 Å². The van der Waals surface area contributed by atoms with Crippen LogP contribution in [-0.2, 0) is 6.42 Å². The van der Waals surface area contributed by atoms with E-state index in [9.17, 15) is 0 Å². The summed E-state index contributed by atoms with van der Waals surface area (Å²) in [6.07, 6.45) is 2.63. The van der Waals surface area contributed by atoms with Crippen LogP contribution in [0.1, 0.15) is 51.7 Å². The van der Waals surface area contributed by atoms with Gasteiger partial charge >= 0.3 is 0 Å². The van der Waals surface area contributed by atoms with Gasteiger partial charge in [0.25, 0.3) is 0 Å². The van der Waals surface area contributed by atoms with Crippen molar-refractivity contribution < 1.29 is 9.47 Å². The molecule has 6 heteroatoms. The normalized spacial score (nSPS) is 11.4. The molecule has 184 valence electrons. The first-order valence-corrected chi connectivity index (χ1v) is 13.0. The zero-order valence-electron chi connectivity index (χ0n) is 20.7. The monoisotopic (exact) mass is 494 g/mol. The van der Waals surface area contributed by atoms with Gasteiger partial charge in [-0.15, -0.1) is 0 Å². The third kappa shape index (κ3) is 9.74. The number of rotatable bonds is 16. The van der Waals surface area contributed by atoms with Gasteiger partial charge in [-0.1, -0.05) is 50.9 Å². The molecule has 0 radical (unpaired) electrons. The highest BCUT2D eigenvalue weighted by Gasteiger charge is 2.12. The van der Waals surface area contributed by atoms with Gasteiger partial charge < -0.3 is 19.3 Å². The fourth-order valence-electron chi connectivity index (χ4n) is 3.88. The molecule has 0 aliphatic heterocycles. The van der Waals surface area contributed by atoms with Crippen molar-refractivity contribution in [1.82, 2.24) is 9.80 Å². The summed E-state index contributed by atoms with van der Waals surface area (Å²) in [7, 11) is 0. The van der Waals surface area contributed by atoms with Crippen LogP contribution in [0.2, 0.25) is 10.0 Å². The molecule has 0 aliphatic rings. The van der Waals surface area contributed by atoms with Crippen molar-refractivity contribution in [3.05, 3.63) is 57.6 Å². The van der Waals surface area contributed by atoms with E-state index in [4.69, 9.17) is 32.7 Å². The molecule has 0 saturated carbocycles. The van der Waals surface area contributed by atoms with Gasteiger partial charge in [-0.2, -0.15) is 0 Å². The summed E-state index contributed by atoms with van der Waals surface area (Å²) in [5, 5.41) is 1.40. The minimum atomic E-state index is 0.651. The molecule has 0 aliphatic carbocycles. The summed E-state index contributed by atoms with van der Waals surface area (Å²) in [5.41, 5.74) is 2.08. The van der Waals surface area contributed by atoms with E-state index < -0.39 is 0 Å². The number of ether oxygens (including phenoxy) is 2. The largest absolute Gasteiger partial charge is 0.493 e. The minimum Gasteiger partial charge on any atom is -0.493 e. The average molecular weight is 496 g/mol. The Balaban J connectivity index is 2.05. The van der Waals surface area contributed by atoms with Gasteiger partial charge in [0.15, 0.2) is 0 Å². The summed E-state index contributed by atoms with van der Waals surface area (Å²) in [5.74, 6) is 1.73.